The van der Waals surface area contributed by atoms with Crippen LogP contribution in [0.25, 0.3) is 0 Å². The van der Waals surface area contributed by atoms with Crippen molar-refractivity contribution in [1.82, 2.24) is 0 Å². The zero-order chi connectivity index (χ0) is 22.6. The summed E-state index contributed by atoms with van der Waals surface area (Å²) in [6.07, 6.45) is -0.314. The minimum absolute atomic E-state index is 0.0300. The molecule has 0 spiro atoms. The van der Waals surface area contributed by atoms with Crippen molar-refractivity contribution in [3.05, 3.63) is 24.3 Å². The molecule has 1 saturated carbocycles. The minimum atomic E-state index is -1.75. The van der Waals surface area contributed by atoms with Crippen molar-refractivity contribution in [2.75, 3.05) is 0 Å². The van der Waals surface area contributed by atoms with Crippen LogP contribution < -0.4 is 0 Å². The van der Waals surface area contributed by atoms with Gasteiger partial charge in [0, 0.05) is 24.3 Å². The van der Waals surface area contributed by atoms with E-state index in [0.29, 0.717) is 0 Å². The summed E-state index contributed by atoms with van der Waals surface area (Å²) in [7, 11) is 0. The summed E-state index contributed by atoms with van der Waals surface area (Å²) in [5, 5.41) is 21.2. The lowest BCUT2D eigenvalue weighted by Gasteiger charge is -2.41. The predicted molar refractivity (Wildman–Crippen MR) is 102 cm³/mol. The topological polar surface area (TPSA) is 129 Å². The molecule has 1 aliphatic heterocycles. The molecule has 0 bridgehead atoms. The van der Waals surface area contributed by atoms with Gasteiger partial charge in [-0.3, -0.25) is 14.8 Å². The molecule has 3 aliphatic rings. The molecule has 0 amide bonds. The van der Waals surface area contributed by atoms with Gasteiger partial charge in [-0.15, -0.1) is 0 Å². The number of aliphatic hydroxyl groups is 1. The summed E-state index contributed by atoms with van der Waals surface area (Å²) in [5.41, 5.74) is -3.02. The quantitative estimate of drug-likeness (QED) is 0.172. The average molecular weight is 424 g/mol. The van der Waals surface area contributed by atoms with Crippen LogP contribution in [0.2, 0.25) is 0 Å². The highest BCUT2D eigenvalue weighted by Crippen LogP contribution is 2.55. The SMILES string of the molecule is C=C1C(=O)OC2C1C(OC(=O)C(C)C)C(OC(C)=O)C(C)(O)C1C=CC(C)(OO)C21. The third-order valence-electron chi connectivity index (χ3n) is 6.42. The molecule has 0 aromatic carbocycles. The second-order valence-corrected chi connectivity index (χ2v) is 8.92. The van der Waals surface area contributed by atoms with Crippen molar-refractivity contribution < 1.29 is 43.8 Å². The van der Waals surface area contributed by atoms with Gasteiger partial charge in [0.2, 0.25) is 0 Å². The van der Waals surface area contributed by atoms with Gasteiger partial charge in [-0.2, -0.15) is 0 Å². The first-order chi connectivity index (χ1) is 13.8. The maximum Gasteiger partial charge on any atom is 0.334 e. The number of fused-ring (bicyclic) bond motifs is 3. The minimum Gasteiger partial charge on any atom is -0.458 e. The van der Waals surface area contributed by atoms with Crippen LogP contribution in [0.15, 0.2) is 24.3 Å². The van der Waals surface area contributed by atoms with E-state index in [1.807, 2.05) is 0 Å². The summed E-state index contributed by atoms with van der Waals surface area (Å²) in [6.45, 7) is 11.3. The molecule has 2 aliphatic carbocycles. The third kappa shape index (κ3) is 3.34. The molecule has 8 atom stereocenters. The Hall–Kier alpha value is -2.23. The normalized spacial score (nSPS) is 42.4. The van der Waals surface area contributed by atoms with Crippen molar-refractivity contribution in [3.63, 3.8) is 0 Å². The monoisotopic (exact) mass is 424 g/mol. The fourth-order valence-corrected chi connectivity index (χ4v) is 4.83. The lowest BCUT2D eigenvalue weighted by molar-refractivity contribution is -0.324. The molecule has 30 heavy (non-hydrogen) atoms. The lowest BCUT2D eigenvalue weighted by Crippen LogP contribution is -2.56. The van der Waals surface area contributed by atoms with Gasteiger partial charge in [-0.25, -0.2) is 9.68 Å². The Morgan fingerprint density at radius 3 is 2.43 bits per heavy atom. The fraction of sp³-hybridized carbons (Fsp3) is 0.667. The Bertz CT molecular complexity index is 798. The van der Waals surface area contributed by atoms with E-state index in [1.165, 1.54) is 13.8 Å². The number of ether oxygens (including phenoxy) is 3. The number of rotatable bonds is 4. The van der Waals surface area contributed by atoms with E-state index in [9.17, 15) is 24.7 Å². The van der Waals surface area contributed by atoms with E-state index in [4.69, 9.17) is 19.1 Å². The number of carbonyl (C=O) groups is 3. The molecule has 8 unspecified atom stereocenters. The van der Waals surface area contributed by atoms with Gasteiger partial charge in [0.1, 0.15) is 17.3 Å². The smallest absolute Gasteiger partial charge is 0.334 e. The maximum absolute atomic E-state index is 12.5. The Balaban J connectivity index is 2.20. The zero-order valence-corrected chi connectivity index (χ0v) is 17.7. The molecule has 166 valence electrons. The van der Waals surface area contributed by atoms with Crippen molar-refractivity contribution in [1.29, 1.82) is 0 Å². The van der Waals surface area contributed by atoms with E-state index in [0.717, 1.165) is 0 Å². The van der Waals surface area contributed by atoms with Crippen molar-refractivity contribution in [3.8, 4) is 0 Å². The first-order valence-electron chi connectivity index (χ1n) is 9.87. The summed E-state index contributed by atoms with van der Waals surface area (Å²) in [4.78, 5) is 41.6. The molecule has 9 nitrogen and oxygen atoms in total. The van der Waals surface area contributed by atoms with Gasteiger partial charge in [0.05, 0.1) is 11.8 Å². The fourth-order valence-electron chi connectivity index (χ4n) is 4.83. The number of esters is 3. The molecule has 0 radical (unpaired) electrons. The largest absolute Gasteiger partial charge is 0.458 e. The lowest BCUT2D eigenvalue weighted by atomic mass is 9.73. The van der Waals surface area contributed by atoms with Crippen molar-refractivity contribution in [2.45, 2.75) is 64.1 Å². The molecule has 9 heteroatoms. The Labute approximate surface area is 174 Å². The van der Waals surface area contributed by atoms with Crippen molar-refractivity contribution in [2.24, 2.45) is 23.7 Å². The molecule has 2 N–H and O–H groups in total. The van der Waals surface area contributed by atoms with Crippen LogP contribution in [0.5, 0.6) is 0 Å². The molecule has 3 rings (SSSR count). The van der Waals surface area contributed by atoms with E-state index in [-0.39, 0.29) is 5.57 Å². The van der Waals surface area contributed by atoms with Gasteiger partial charge in [0.25, 0.3) is 0 Å². The second-order valence-electron chi connectivity index (χ2n) is 8.92. The standard InChI is InChI=1S/C21H28O9/c1-9(2)18(23)29-16-13-10(3)19(24)28-15(13)14-12(7-8-20(14,5)30-26)21(6,25)17(16)27-11(4)22/h7-9,12-17,25-26H,3H2,1-2,4-6H3. The highest BCUT2D eigenvalue weighted by molar-refractivity contribution is 5.91. The molecule has 1 heterocycles. The second kappa shape index (κ2) is 7.47. The van der Waals surface area contributed by atoms with Crippen LogP contribution in [-0.2, 0) is 33.5 Å². The number of carbonyl (C=O) groups excluding carboxylic acids is 3. The summed E-state index contributed by atoms with van der Waals surface area (Å²) in [5.74, 6) is -4.92. The van der Waals surface area contributed by atoms with E-state index >= 15 is 0 Å². The van der Waals surface area contributed by atoms with Crippen molar-refractivity contribution >= 4 is 17.9 Å². The van der Waals surface area contributed by atoms with Gasteiger partial charge in [-0.05, 0) is 13.8 Å². The maximum atomic E-state index is 12.5. The zero-order valence-electron chi connectivity index (χ0n) is 17.7. The van der Waals surface area contributed by atoms with Crippen LogP contribution in [0.3, 0.4) is 0 Å². The van der Waals surface area contributed by atoms with Gasteiger partial charge < -0.3 is 19.3 Å². The predicted octanol–water partition coefficient (Wildman–Crippen LogP) is 1.40. The molecular weight excluding hydrogens is 396 g/mol. The first-order valence-corrected chi connectivity index (χ1v) is 9.87. The molecular formula is C21H28O9. The summed E-state index contributed by atoms with van der Waals surface area (Å²) >= 11 is 0. The summed E-state index contributed by atoms with van der Waals surface area (Å²) in [6, 6.07) is 0. The Morgan fingerprint density at radius 2 is 1.90 bits per heavy atom. The average Bonchev–Trinajstić information content (AvgIpc) is 3.13. The van der Waals surface area contributed by atoms with Gasteiger partial charge in [0.15, 0.2) is 12.2 Å². The van der Waals surface area contributed by atoms with E-state index in [1.54, 1.807) is 32.9 Å². The van der Waals surface area contributed by atoms with Crippen LogP contribution in [0.4, 0.5) is 0 Å². The Kier molecular flexibility index (Phi) is 5.59. The van der Waals surface area contributed by atoms with E-state index in [2.05, 4.69) is 6.58 Å². The molecule has 0 aromatic heterocycles. The molecule has 1 saturated heterocycles. The number of hydrogen-bond acceptors (Lipinski definition) is 9. The first kappa shape index (κ1) is 22.5. The highest BCUT2D eigenvalue weighted by atomic mass is 17.1. The highest BCUT2D eigenvalue weighted by Gasteiger charge is 2.67. The number of hydrogen-bond donors (Lipinski definition) is 2. The molecule has 2 fully saturated rings. The van der Waals surface area contributed by atoms with E-state index < -0.39 is 71.1 Å². The summed E-state index contributed by atoms with van der Waals surface area (Å²) < 4.78 is 16.7. The van der Waals surface area contributed by atoms with Gasteiger partial charge >= 0.3 is 17.9 Å². The van der Waals surface area contributed by atoms with Crippen LogP contribution in [0.1, 0.15) is 34.6 Å². The van der Waals surface area contributed by atoms with Gasteiger partial charge in [-0.1, -0.05) is 32.6 Å². The van der Waals surface area contributed by atoms with Crippen LogP contribution in [-0.4, -0.2) is 57.8 Å². The molecule has 0 aromatic rings. The van der Waals surface area contributed by atoms with Crippen LogP contribution >= 0.6 is 0 Å². The third-order valence-corrected chi connectivity index (χ3v) is 6.42. The Morgan fingerprint density at radius 1 is 1.27 bits per heavy atom. The van der Waals surface area contributed by atoms with Crippen LogP contribution in [0, 0.1) is 23.7 Å².